The average molecular weight is 449 g/mol. The highest BCUT2D eigenvalue weighted by atomic mass is 35.5. The molecule has 0 bridgehead atoms. The third-order valence-corrected chi connectivity index (χ3v) is 6.38. The maximum absolute atomic E-state index is 12.5. The van der Waals surface area contributed by atoms with Gasteiger partial charge in [0.1, 0.15) is 17.1 Å². The second kappa shape index (κ2) is 8.46. The van der Waals surface area contributed by atoms with Crippen LogP contribution < -0.4 is 10.1 Å². The Kier molecular flexibility index (Phi) is 5.91. The second-order valence-corrected chi connectivity index (χ2v) is 8.57. The molecule has 2 aromatic carbocycles. The first-order chi connectivity index (χ1) is 14.4. The number of phenols is 1. The van der Waals surface area contributed by atoms with Crippen LogP contribution in [0.5, 0.6) is 11.5 Å². The molecule has 30 heavy (non-hydrogen) atoms. The molecule has 2 aliphatic rings. The van der Waals surface area contributed by atoms with Crippen LogP contribution in [0.1, 0.15) is 40.0 Å². The van der Waals surface area contributed by atoms with Crippen molar-refractivity contribution < 1.29 is 19.4 Å². The summed E-state index contributed by atoms with van der Waals surface area (Å²) in [6, 6.07) is 9.60. The van der Waals surface area contributed by atoms with Crippen LogP contribution in [0, 0.1) is 0 Å². The number of ketones is 1. The van der Waals surface area contributed by atoms with Crippen molar-refractivity contribution in [1.82, 2.24) is 10.2 Å². The topological polar surface area (TPSA) is 78.9 Å². The number of piperidine rings is 1. The third kappa shape index (κ3) is 4.26. The van der Waals surface area contributed by atoms with E-state index in [4.69, 9.17) is 27.9 Å². The number of amides is 1. The number of hydrogen-bond acceptors (Lipinski definition) is 5. The van der Waals surface area contributed by atoms with Crippen LogP contribution in [0.4, 0.5) is 0 Å². The number of rotatable bonds is 4. The van der Waals surface area contributed by atoms with Gasteiger partial charge in [-0.05, 0) is 24.3 Å². The molecular weight excluding hydrogens is 427 g/mol. The van der Waals surface area contributed by atoms with Crippen molar-refractivity contribution in [2.45, 2.75) is 24.9 Å². The molecule has 0 aliphatic carbocycles. The Hall–Kier alpha value is -2.28. The van der Waals surface area contributed by atoms with Crippen LogP contribution in [-0.4, -0.2) is 53.5 Å². The highest BCUT2D eigenvalue weighted by molar-refractivity contribution is 6.39. The van der Waals surface area contributed by atoms with Gasteiger partial charge in [0, 0.05) is 45.1 Å². The molecule has 2 aliphatic heterocycles. The molecule has 158 valence electrons. The molecule has 2 N–H and O–H groups in total. The van der Waals surface area contributed by atoms with E-state index >= 15 is 0 Å². The van der Waals surface area contributed by atoms with Gasteiger partial charge in [-0.1, -0.05) is 29.3 Å². The molecule has 0 aromatic heterocycles. The van der Waals surface area contributed by atoms with E-state index < -0.39 is 5.60 Å². The number of aromatic hydroxyl groups is 1. The van der Waals surface area contributed by atoms with Crippen molar-refractivity contribution in [3.63, 3.8) is 0 Å². The van der Waals surface area contributed by atoms with Crippen molar-refractivity contribution in [3.05, 3.63) is 57.6 Å². The number of benzene rings is 2. The van der Waals surface area contributed by atoms with Crippen LogP contribution >= 0.6 is 23.2 Å². The van der Waals surface area contributed by atoms with Gasteiger partial charge in [-0.15, -0.1) is 0 Å². The number of likely N-dealkylation sites (tertiary alicyclic amines) is 1. The van der Waals surface area contributed by atoms with E-state index in [1.807, 2.05) is 0 Å². The van der Waals surface area contributed by atoms with Gasteiger partial charge in [0.2, 0.25) is 0 Å². The maximum Gasteiger partial charge on any atom is 0.254 e. The molecule has 1 fully saturated rings. The molecule has 0 atom stereocenters. The number of nitrogens with zero attached hydrogens (tertiary/aromatic N) is 1. The van der Waals surface area contributed by atoms with Crippen LogP contribution in [0.3, 0.4) is 0 Å². The Balaban J connectivity index is 1.30. The summed E-state index contributed by atoms with van der Waals surface area (Å²) in [5.41, 5.74) is 0.291. The number of hydrogen-bond donors (Lipinski definition) is 2. The first kappa shape index (κ1) is 21.0. The first-order valence-electron chi connectivity index (χ1n) is 9.87. The van der Waals surface area contributed by atoms with Gasteiger partial charge >= 0.3 is 0 Å². The van der Waals surface area contributed by atoms with Crippen LogP contribution in [0.2, 0.25) is 10.0 Å². The number of Topliss-reactive ketones (excluding diaryl/α,β-unsaturated/α-hetero) is 1. The fraction of sp³-hybridized carbons (Fsp3) is 0.364. The molecule has 1 saturated heterocycles. The summed E-state index contributed by atoms with van der Waals surface area (Å²) in [6.07, 6.45) is 1.76. The van der Waals surface area contributed by atoms with E-state index in [1.54, 1.807) is 24.3 Å². The van der Waals surface area contributed by atoms with Crippen molar-refractivity contribution in [3.8, 4) is 11.5 Å². The molecule has 4 rings (SSSR count). The van der Waals surface area contributed by atoms with Gasteiger partial charge in [0.15, 0.2) is 5.78 Å². The van der Waals surface area contributed by atoms with E-state index in [1.165, 1.54) is 12.1 Å². The molecule has 0 saturated carbocycles. The zero-order chi connectivity index (χ0) is 21.3. The van der Waals surface area contributed by atoms with Crippen molar-refractivity contribution >= 4 is 34.9 Å². The predicted octanol–water partition coefficient (Wildman–Crippen LogP) is 3.93. The molecule has 2 aromatic rings. The minimum Gasteiger partial charge on any atom is -0.508 e. The lowest BCUT2D eigenvalue weighted by Crippen LogP contribution is -2.52. The largest absolute Gasteiger partial charge is 0.508 e. The number of ether oxygens (including phenoxy) is 1. The van der Waals surface area contributed by atoms with E-state index in [9.17, 15) is 14.7 Å². The Bertz CT molecular complexity index is 967. The molecule has 0 radical (unpaired) electrons. The van der Waals surface area contributed by atoms with Crippen molar-refractivity contribution in [2.24, 2.45) is 0 Å². The van der Waals surface area contributed by atoms with Gasteiger partial charge in [0.05, 0.1) is 27.6 Å². The Morgan fingerprint density at radius 3 is 2.57 bits per heavy atom. The number of nitrogens with one attached hydrogen (secondary N) is 1. The summed E-state index contributed by atoms with van der Waals surface area (Å²) in [5.74, 6) is 0.305. The van der Waals surface area contributed by atoms with E-state index in [-0.39, 0.29) is 23.0 Å². The zero-order valence-electron chi connectivity index (χ0n) is 16.3. The Morgan fingerprint density at radius 1 is 1.17 bits per heavy atom. The molecule has 2 heterocycles. The first-order valence-corrected chi connectivity index (χ1v) is 10.6. The Morgan fingerprint density at radius 2 is 1.87 bits per heavy atom. The number of phenolic OH excluding ortho intramolecular Hbond substituents is 1. The van der Waals surface area contributed by atoms with E-state index in [0.29, 0.717) is 53.7 Å². The fourth-order valence-corrected chi connectivity index (χ4v) is 4.65. The van der Waals surface area contributed by atoms with Crippen molar-refractivity contribution in [2.75, 3.05) is 26.2 Å². The fourth-order valence-electron chi connectivity index (χ4n) is 4.08. The minimum absolute atomic E-state index is 0.0496. The number of halogens is 2. The highest BCUT2D eigenvalue weighted by Gasteiger charge is 2.42. The molecule has 6 nitrogen and oxygen atoms in total. The van der Waals surface area contributed by atoms with Crippen molar-refractivity contribution in [1.29, 1.82) is 0 Å². The molecule has 1 amide bonds. The SMILES string of the molecule is O=C1CC2(CCN(CCNC(=O)c3c(Cl)cccc3Cl)CC2)Oc2cc(O)ccc21. The monoisotopic (exact) mass is 448 g/mol. The predicted molar refractivity (Wildman–Crippen MR) is 115 cm³/mol. The molecular formula is C22H22Cl2N2O4. The smallest absolute Gasteiger partial charge is 0.254 e. The lowest BCUT2D eigenvalue weighted by atomic mass is 9.82. The lowest BCUT2D eigenvalue weighted by Gasteiger charge is -2.44. The quantitative estimate of drug-likeness (QED) is 0.740. The van der Waals surface area contributed by atoms with Gasteiger partial charge in [-0.3, -0.25) is 9.59 Å². The van der Waals surface area contributed by atoms with Crippen LogP contribution in [0.15, 0.2) is 36.4 Å². The summed E-state index contributed by atoms with van der Waals surface area (Å²) in [6.45, 7) is 2.65. The Labute approximate surface area is 184 Å². The van der Waals surface area contributed by atoms with E-state index in [0.717, 1.165) is 13.1 Å². The highest BCUT2D eigenvalue weighted by Crippen LogP contribution is 2.40. The summed E-state index contributed by atoms with van der Waals surface area (Å²) >= 11 is 12.2. The van der Waals surface area contributed by atoms with E-state index in [2.05, 4.69) is 10.2 Å². The number of carbonyl (C=O) groups is 2. The van der Waals surface area contributed by atoms with Gasteiger partial charge in [0.25, 0.3) is 5.91 Å². The number of fused-ring (bicyclic) bond motifs is 1. The zero-order valence-corrected chi connectivity index (χ0v) is 17.8. The summed E-state index contributed by atoms with van der Waals surface area (Å²) in [7, 11) is 0. The second-order valence-electron chi connectivity index (χ2n) is 7.76. The molecule has 0 unspecified atom stereocenters. The van der Waals surface area contributed by atoms with Crippen LogP contribution in [-0.2, 0) is 0 Å². The minimum atomic E-state index is -0.525. The molecule has 8 heteroatoms. The summed E-state index contributed by atoms with van der Waals surface area (Å²) in [4.78, 5) is 27.1. The van der Waals surface area contributed by atoms with Gasteiger partial charge in [-0.25, -0.2) is 0 Å². The average Bonchev–Trinajstić information content (AvgIpc) is 2.69. The number of carbonyl (C=O) groups excluding carboxylic acids is 2. The van der Waals surface area contributed by atoms with Gasteiger partial charge < -0.3 is 20.1 Å². The molecule has 1 spiro atoms. The third-order valence-electron chi connectivity index (χ3n) is 5.75. The summed E-state index contributed by atoms with van der Waals surface area (Å²) < 4.78 is 6.18. The standard InChI is InChI=1S/C22H22Cl2N2O4/c23-16-2-1-3-17(24)20(16)21(29)25-8-11-26-9-6-22(7-10-26)13-18(28)15-5-4-14(27)12-19(15)30-22/h1-5,12,27H,6-11,13H2,(H,25,29). The normalized spacial score (nSPS) is 18.0. The van der Waals surface area contributed by atoms with Gasteiger partial charge in [-0.2, -0.15) is 0 Å². The lowest BCUT2D eigenvalue weighted by molar-refractivity contribution is -0.00876. The maximum atomic E-state index is 12.5. The van der Waals surface area contributed by atoms with Crippen LogP contribution in [0.25, 0.3) is 0 Å². The summed E-state index contributed by atoms with van der Waals surface area (Å²) in [5, 5.41) is 13.2.